The summed E-state index contributed by atoms with van der Waals surface area (Å²) in [6.07, 6.45) is 2.03. The minimum absolute atomic E-state index is 0.0734. The molecule has 1 rings (SSSR count). The Morgan fingerprint density at radius 1 is 1.73 bits per heavy atom. The van der Waals surface area contributed by atoms with Crippen molar-refractivity contribution in [3.05, 3.63) is 23.1 Å². The third kappa shape index (κ3) is 2.22. The van der Waals surface area contributed by atoms with Crippen molar-refractivity contribution in [3.8, 4) is 0 Å². The SMILES string of the molecule is N[C@@H](CCO)c1coc(Cl)c1. The van der Waals surface area contributed by atoms with E-state index in [1.807, 2.05) is 0 Å². The summed E-state index contributed by atoms with van der Waals surface area (Å²) in [6.45, 7) is 0.0734. The highest BCUT2D eigenvalue weighted by Gasteiger charge is 2.07. The molecule has 62 valence electrons. The van der Waals surface area contributed by atoms with E-state index in [1.54, 1.807) is 6.07 Å². The zero-order chi connectivity index (χ0) is 8.27. The Balaban J connectivity index is 2.60. The fourth-order valence-electron chi connectivity index (χ4n) is 0.824. The zero-order valence-corrected chi connectivity index (χ0v) is 6.71. The predicted octanol–water partition coefficient (Wildman–Crippen LogP) is 1.32. The Morgan fingerprint density at radius 3 is 2.91 bits per heavy atom. The molecule has 1 aromatic heterocycles. The maximum atomic E-state index is 8.56. The van der Waals surface area contributed by atoms with Crippen LogP contribution in [0.1, 0.15) is 18.0 Å². The highest BCUT2D eigenvalue weighted by atomic mass is 35.5. The van der Waals surface area contributed by atoms with Gasteiger partial charge >= 0.3 is 0 Å². The molecular formula is C7H10ClNO2. The lowest BCUT2D eigenvalue weighted by atomic mass is 10.1. The van der Waals surface area contributed by atoms with Gasteiger partial charge in [0.2, 0.25) is 0 Å². The highest BCUT2D eigenvalue weighted by molar-refractivity contribution is 6.28. The first kappa shape index (κ1) is 8.59. The number of hydrogen-bond donors (Lipinski definition) is 2. The lowest BCUT2D eigenvalue weighted by molar-refractivity contribution is 0.276. The first-order valence-corrected chi connectivity index (χ1v) is 3.72. The first-order chi connectivity index (χ1) is 5.24. The zero-order valence-electron chi connectivity index (χ0n) is 5.96. The number of hydrogen-bond acceptors (Lipinski definition) is 3. The van der Waals surface area contributed by atoms with E-state index in [4.69, 9.17) is 26.9 Å². The van der Waals surface area contributed by atoms with Crippen molar-refractivity contribution in [1.82, 2.24) is 0 Å². The first-order valence-electron chi connectivity index (χ1n) is 3.34. The van der Waals surface area contributed by atoms with Crippen LogP contribution in [0.3, 0.4) is 0 Å². The van der Waals surface area contributed by atoms with Gasteiger partial charge in [-0.3, -0.25) is 0 Å². The standard InChI is InChI=1S/C7H10ClNO2/c8-7-3-5(4-11-7)6(9)1-2-10/h3-4,6,10H,1-2,9H2/t6-/m0/s1. The van der Waals surface area contributed by atoms with Gasteiger partial charge in [0, 0.05) is 24.3 Å². The minimum atomic E-state index is -0.184. The molecule has 0 bridgehead atoms. The second-order valence-electron chi connectivity index (χ2n) is 2.30. The molecule has 0 saturated carbocycles. The van der Waals surface area contributed by atoms with Gasteiger partial charge in [0.15, 0.2) is 5.22 Å². The van der Waals surface area contributed by atoms with Crippen molar-refractivity contribution in [2.24, 2.45) is 5.73 Å². The predicted molar refractivity (Wildman–Crippen MR) is 42.3 cm³/mol. The molecule has 1 aromatic rings. The number of furan rings is 1. The van der Waals surface area contributed by atoms with Crippen LogP contribution in [0, 0.1) is 0 Å². The van der Waals surface area contributed by atoms with E-state index >= 15 is 0 Å². The van der Waals surface area contributed by atoms with Gasteiger partial charge in [0.05, 0.1) is 6.26 Å². The summed E-state index contributed by atoms with van der Waals surface area (Å²) in [5.74, 6) is 0. The van der Waals surface area contributed by atoms with Gasteiger partial charge in [-0.25, -0.2) is 0 Å². The van der Waals surface area contributed by atoms with Gasteiger partial charge in [-0.15, -0.1) is 0 Å². The molecule has 0 amide bonds. The van der Waals surface area contributed by atoms with Crippen molar-refractivity contribution < 1.29 is 9.52 Å². The Morgan fingerprint density at radius 2 is 2.45 bits per heavy atom. The maximum absolute atomic E-state index is 8.56. The van der Waals surface area contributed by atoms with Crippen LogP contribution in [0.15, 0.2) is 16.7 Å². The van der Waals surface area contributed by atoms with Crippen molar-refractivity contribution in [1.29, 1.82) is 0 Å². The Kier molecular flexibility index (Phi) is 2.93. The Bertz CT molecular complexity index is 224. The molecule has 0 radical (unpaired) electrons. The molecule has 3 N–H and O–H groups in total. The van der Waals surface area contributed by atoms with Crippen molar-refractivity contribution in [3.63, 3.8) is 0 Å². The fraction of sp³-hybridized carbons (Fsp3) is 0.429. The van der Waals surface area contributed by atoms with Crippen molar-refractivity contribution in [2.45, 2.75) is 12.5 Å². The molecule has 0 spiro atoms. The van der Waals surface area contributed by atoms with Gasteiger partial charge in [-0.2, -0.15) is 0 Å². The summed E-state index contributed by atoms with van der Waals surface area (Å²) >= 11 is 5.52. The Labute approximate surface area is 69.8 Å². The van der Waals surface area contributed by atoms with Crippen LogP contribution >= 0.6 is 11.6 Å². The molecular weight excluding hydrogens is 166 g/mol. The highest BCUT2D eigenvalue weighted by Crippen LogP contribution is 2.19. The number of rotatable bonds is 3. The molecule has 0 saturated heterocycles. The molecule has 0 aliphatic heterocycles. The van der Waals surface area contributed by atoms with E-state index in [-0.39, 0.29) is 12.6 Å². The molecule has 0 aromatic carbocycles. The van der Waals surface area contributed by atoms with Gasteiger partial charge in [-0.05, 0) is 18.0 Å². The molecule has 1 heterocycles. The third-order valence-electron chi connectivity index (χ3n) is 1.46. The average molecular weight is 176 g/mol. The van der Waals surface area contributed by atoms with Crippen molar-refractivity contribution in [2.75, 3.05) is 6.61 Å². The molecule has 11 heavy (non-hydrogen) atoms. The number of aliphatic hydroxyl groups excluding tert-OH is 1. The van der Waals surface area contributed by atoms with Gasteiger partial charge in [0.25, 0.3) is 0 Å². The second-order valence-corrected chi connectivity index (χ2v) is 2.68. The number of halogens is 1. The number of nitrogens with two attached hydrogens (primary N) is 1. The van der Waals surface area contributed by atoms with E-state index in [2.05, 4.69) is 0 Å². The molecule has 3 nitrogen and oxygen atoms in total. The smallest absolute Gasteiger partial charge is 0.193 e. The van der Waals surface area contributed by atoms with Gasteiger partial charge < -0.3 is 15.3 Å². The summed E-state index contributed by atoms with van der Waals surface area (Å²) in [6, 6.07) is 1.47. The number of aliphatic hydroxyl groups is 1. The topological polar surface area (TPSA) is 59.4 Å². The van der Waals surface area contributed by atoms with Crippen molar-refractivity contribution >= 4 is 11.6 Å². The summed E-state index contributed by atoms with van der Waals surface area (Å²) < 4.78 is 4.84. The lowest BCUT2D eigenvalue weighted by Crippen LogP contribution is -2.10. The summed E-state index contributed by atoms with van der Waals surface area (Å²) in [4.78, 5) is 0. The monoisotopic (exact) mass is 175 g/mol. The quantitative estimate of drug-likeness (QED) is 0.729. The van der Waals surface area contributed by atoms with E-state index in [9.17, 15) is 0 Å². The normalized spacial score (nSPS) is 13.4. The molecule has 0 unspecified atom stereocenters. The Hall–Kier alpha value is -0.510. The van der Waals surface area contributed by atoms with E-state index in [1.165, 1.54) is 6.26 Å². The lowest BCUT2D eigenvalue weighted by Gasteiger charge is -2.04. The largest absolute Gasteiger partial charge is 0.453 e. The van der Waals surface area contributed by atoms with E-state index in [0.717, 1.165) is 5.56 Å². The average Bonchev–Trinajstić information content (AvgIpc) is 2.36. The molecule has 1 atom stereocenters. The van der Waals surface area contributed by atoms with Crippen LogP contribution in [0.2, 0.25) is 5.22 Å². The van der Waals surface area contributed by atoms with E-state index < -0.39 is 0 Å². The van der Waals surface area contributed by atoms with Crippen LogP contribution < -0.4 is 5.73 Å². The van der Waals surface area contributed by atoms with Gasteiger partial charge in [-0.1, -0.05) is 0 Å². The van der Waals surface area contributed by atoms with Crippen LogP contribution in [-0.2, 0) is 0 Å². The van der Waals surface area contributed by atoms with Crippen LogP contribution in [0.25, 0.3) is 0 Å². The minimum Gasteiger partial charge on any atom is -0.453 e. The molecule has 4 heteroatoms. The summed E-state index contributed by atoms with van der Waals surface area (Å²) in [5.41, 5.74) is 6.46. The van der Waals surface area contributed by atoms with Crippen LogP contribution in [-0.4, -0.2) is 11.7 Å². The summed E-state index contributed by atoms with van der Waals surface area (Å²) in [5, 5.41) is 8.89. The maximum Gasteiger partial charge on any atom is 0.193 e. The van der Waals surface area contributed by atoms with Crippen LogP contribution in [0.4, 0.5) is 0 Å². The van der Waals surface area contributed by atoms with E-state index in [0.29, 0.717) is 11.6 Å². The second kappa shape index (κ2) is 3.76. The van der Waals surface area contributed by atoms with Crippen LogP contribution in [0.5, 0.6) is 0 Å². The van der Waals surface area contributed by atoms with Gasteiger partial charge in [0.1, 0.15) is 0 Å². The molecule has 0 aliphatic carbocycles. The third-order valence-corrected chi connectivity index (χ3v) is 1.65. The molecule has 0 aliphatic rings. The summed E-state index contributed by atoms with van der Waals surface area (Å²) in [7, 11) is 0. The fourth-order valence-corrected chi connectivity index (χ4v) is 0.994. The molecule has 0 fully saturated rings.